The number of para-hydroxylation sites is 2. The smallest absolute Gasteiger partial charge is 0.293 e. The van der Waals surface area contributed by atoms with Crippen molar-refractivity contribution >= 4 is 28.4 Å². The molecule has 35 heavy (non-hydrogen) atoms. The van der Waals surface area contributed by atoms with E-state index in [9.17, 15) is 9.59 Å². The molecule has 0 aliphatic carbocycles. The molecule has 2 aliphatic heterocycles. The zero-order valence-corrected chi connectivity index (χ0v) is 20.5. The molecule has 1 aromatic heterocycles. The average Bonchev–Trinajstić information content (AvgIpc) is 2.92. The number of piperazine rings is 1. The van der Waals surface area contributed by atoms with Gasteiger partial charge in [-0.1, -0.05) is 18.2 Å². The van der Waals surface area contributed by atoms with Gasteiger partial charge in [0.15, 0.2) is 5.82 Å². The van der Waals surface area contributed by atoms with E-state index in [1.54, 1.807) is 11.7 Å². The average molecular weight is 476 g/mol. The van der Waals surface area contributed by atoms with Gasteiger partial charge in [-0.3, -0.25) is 9.59 Å². The van der Waals surface area contributed by atoms with Crippen molar-refractivity contribution in [3.8, 4) is 5.75 Å². The van der Waals surface area contributed by atoms with E-state index < -0.39 is 0 Å². The number of hydrogen-bond donors (Lipinski definition) is 0. The quantitative estimate of drug-likeness (QED) is 0.565. The Morgan fingerprint density at radius 2 is 1.83 bits per heavy atom. The molecule has 2 aliphatic rings. The number of piperidine rings is 1. The van der Waals surface area contributed by atoms with Crippen molar-refractivity contribution in [3.05, 3.63) is 58.9 Å². The summed E-state index contributed by atoms with van der Waals surface area (Å²) in [7, 11) is 1.67. The van der Waals surface area contributed by atoms with Gasteiger partial charge in [0.25, 0.3) is 5.56 Å². The largest absolute Gasteiger partial charge is 0.497 e. The Morgan fingerprint density at radius 3 is 2.60 bits per heavy atom. The van der Waals surface area contributed by atoms with Gasteiger partial charge in [-0.2, -0.15) is 0 Å². The van der Waals surface area contributed by atoms with Crippen LogP contribution in [0, 0.1) is 5.92 Å². The minimum absolute atomic E-state index is 0.0776. The minimum Gasteiger partial charge on any atom is -0.497 e. The van der Waals surface area contributed by atoms with E-state index in [1.807, 2.05) is 59.2 Å². The predicted octanol–water partition coefficient (Wildman–Crippen LogP) is 2.99. The van der Waals surface area contributed by atoms with Crippen LogP contribution in [0.3, 0.4) is 0 Å². The van der Waals surface area contributed by atoms with Crippen LogP contribution in [0.15, 0.2) is 53.3 Å². The van der Waals surface area contributed by atoms with Gasteiger partial charge in [-0.05, 0) is 44.0 Å². The molecule has 0 radical (unpaired) electrons. The Hall–Kier alpha value is -3.55. The van der Waals surface area contributed by atoms with Crippen molar-refractivity contribution in [1.82, 2.24) is 14.5 Å². The molecule has 3 aromatic rings. The Morgan fingerprint density at radius 1 is 1.03 bits per heavy atom. The first-order valence-electron chi connectivity index (χ1n) is 12.5. The Kier molecular flexibility index (Phi) is 6.61. The molecular weight excluding hydrogens is 442 g/mol. The fourth-order valence-electron chi connectivity index (χ4n) is 5.32. The van der Waals surface area contributed by atoms with Crippen LogP contribution in [0.5, 0.6) is 5.75 Å². The maximum Gasteiger partial charge on any atom is 0.293 e. The van der Waals surface area contributed by atoms with Crippen LogP contribution in [0.2, 0.25) is 0 Å². The lowest BCUT2D eigenvalue weighted by Gasteiger charge is -2.40. The third-order valence-electron chi connectivity index (χ3n) is 7.23. The fraction of sp³-hybridized carbons (Fsp3) is 0.444. The van der Waals surface area contributed by atoms with Gasteiger partial charge < -0.3 is 24.0 Å². The Labute approximate surface area is 205 Å². The Bertz CT molecular complexity index is 1270. The van der Waals surface area contributed by atoms with Gasteiger partial charge in [0, 0.05) is 57.6 Å². The van der Waals surface area contributed by atoms with Crippen molar-refractivity contribution in [2.24, 2.45) is 5.92 Å². The first kappa shape index (κ1) is 23.2. The van der Waals surface area contributed by atoms with Crippen molar-refractivity contribution < 1.29 is 9.53 Å². The van der Waals surface area contributed by atoms with E-state index in [1.165, 1.54) is 0 Å². The molecule has 3 heterocycles. The summed E-state index contributed by atoms with van der Waals surface area (Å²) in [5.41, 5.74) is 2.70. The number of nitrogens with zero attached hydrogens (tertiary/aromatic N) is 5. The Balaban J connectivity index is 1.28. The molecule has 8 nitrogen and oxygen atoms in total. The lowest BCUT2D eigenvalue weighted by atomic mass is 9.96. The highest BCUT2D eigenvalue weighted by atomic mass is 16.5. The summed E-state index contributed by atoms with van der Waals surface area (Å²) < 4.78 is 7.13. The van der Waals surface area contributed by atoms with Gasteiger partial charge in [0.2, 0.25) is 5.91 Å². The number of carbonyl (C=O) groups is 1. The van der Waals surface area contributed by atoms with Gasteiger partial charge >= 0.3 is 0 Å². The number of ether oxygens (including phenoxy) is 1. The number of methoxy groups -OCH3 is 1. The van der Waals surface area contributed by atoms with Gasteiger partial charge in [0.05, 0.1) is 24.1 Å². The number of hydrogen-bond acceptors (Lipinski definition) is 6. The van der Waals surface area contributed by atoms with Crippen LogP contribution >= 0.6 is 0 Å². The van der Waals surface area contributed by atoms with Crippen LogP contribution in [0.1, 0.15) is 19.8 Å². The third-order valence-corrected chi connectivity index (χ3v) is 7.23. The minimum atomic E-state index is -0.116. The number of carbonyl (C=O) groups excluding carboxylic acids is 1. The van der Waals surface area contributed by atoms with E-state index >= 15 is 0 Å². The molecule has 0 N–H and O–H groups in total. The molecule has 1 amide bonds. The molecule has 0 bridgehead atoms. The molecule has 184 valence electrons. The molecule has 2 saturated heterocycles. The lowest BCUT2D eigenvalue weighted by Crippen LogP contribution is -2.53. The monoisotopic (exact) mass is 475 g/mol. The molecule has 1 atom stereocenters. The van der Waals surface area contributed by atoms with Crippen molar-refractivity contribution in [2.75, 3.05) is 56.2 Å². The second kappa shape index (κ2) is 9.98. The highest BCUT2D eigenvalue weighted by Crippen LogP contribution is 2.25. The van der Waals surface area contributed by atoms with Gasteiger partial charge in [-0.15, -0.1) is 0 Å². The first-order chi connectivity index (χ1) is 17.1. The molecule has 0 spiro atoms. The molecule has 2 aromatic carbocycles. The van der Waals surface area contributed by atoms with E-state index in [0.29, 0.717) is 32.0 Å². The number of benzene rings is 2. The molecule has 0 unspecified atom stereocenters. The standard InChI is InChI=1S/C27H33N5O3/c1-3-32-24-12-5-4-11-23(24)28-25(27(32)34)31-13-7-8-20(19-31)26(33)30-16-14-29(15-17-30)21-9-6-10-22(18-21)35-2/h4-6,9-12,18,20H,3,7-8,13-17,19H2,1-2H3/t20-/m1/s1. The van der Waals surface area contributed by atoms with Crippen LogP contribution in [-0.4, -0.2) is 66.7 Å². The topological polar surface area (TPSA) is 70.9 Å². The maximum absolute atomic E-state index is 13.5. The number of anilines is 2. The van der Waals surface area contributed by atoms with Crippen LogP contribution in [0.25, 0.3) is 11.0 Å². The summed E-state index contributed by atoms with van der Waals surface area (Å²) in [5.74, 6) is 1.38. The van der Waals surface area contributed by atoms with Gasteiger partial charge in [-0.25, -0.2) is 4.98 Å². The number of aryl methyl sites for hydroxylation is 1. The molecular formula is C27H33N5O3. The second-order valence-electron chi connectivity index (χ2n) is 9.27. The normalized spacial score (nSPS) is 18.7. The zero-order valence-electron chi connectivity index (χ0n) is 20.5. The lowest BCUT2D eigenvalue weighted by molar-refractivity contribution is -0.136. The summed E-state index contributed by atoms with van der Waals surface area (Å²) in [6, 6.07) is 15.8. The van der Waals surface area contributed by atoms with Crippen molar-refractivity contribution in [2.45, 2.75) is 26.3 Å². The SMILES string of the molecule is CCn1c(=O)c(N2CCC[C@@H](C(=O)N3CCN(c4cccc(OC)c4)CC3)C2)nc2ccccc21. The first-order valence-corrected chi connectivity index (χ1v) is 12.5. The summed E-state index contributed by atoms with van der Waals surface area (Å²) in [4.78, 5) is 37.7. The number of rotatable bonds is 5. The van der Waals surface area contributed by atoms with Crippen LogP contribution in [-0.2, 0) is 11.3 Å². The maximum atomic E-state index is 13.5. The fourth-order valence-corrected chi connectivity index (χ4v) is 5.32. The summed E-state index contributed by atoms with van der Waals surface area (Å²) >= 11 is 0. The number of fused-ring (bicyclic) bond motifs is 1. The van der Waals surface area contributed by atoms with E-state index in [-0.39, 0.29) is 17.4 Å². The zero-order chi connectivity index (χ0) is 24.4. The van der Waals surface area contributed by atoms with E-state index in [2.05, 4.69) is 11.0 Å². The van der Waals surface area contributed by atoms with Gasteiger partial charge in [0.1, 0.15) is 5.75 Å². The second-order valence-corrected chi connectivity index (χ2v) is 9.27. The molecule has 2 fully saturated rings. The molecule has 5 rings (SSSR count). The van der Waals surface area contributed by atoms with Crippen LogP contribution in [0.4, 0.5) is 11.5 Å². The summed E-state index contributed by atoms with van der Waals surface area (Å²) in [6.07, 6.45) is 1.72. The number of amides is 1. The van der Waals surface area contributed by atoms with E-state index in [4.69, 9.17) is 9.72 Å². The van der Waals surface area contributed by atoms with Crippen molar-refractivity contribution in [3.63, 3.8) is 0 Å². The van der Waals surface area contributed by atoms with E-state index in [0.717, 1.165) is 54.9 Å². The van der Waals surface area contributed by atoms with Crippen molar-refractivity contribution in [1.29, 1.82) is 0 Å². The summed E-state index contributed by atoms with van der Waals surface area (Å²) in [5, 5.41) is 0. The highest BCUT2D eigenvalue weighted by molar-refractivity contribution is 5.80. The highest BCUT2D eigenvalue weighted by Gasteiger charge is 2.32. The third kappa shape index (κ3) is 4.57. The number of aromatic nitrogens is 2. The molecule has 8 heteroatoms. The van der Waals surface area contributed by atoms with Crippen LogP contribution < -0.4 is 20.1 Å². The predicted molar refractivity (Wildman–Crippen MR) is 138 cm³/mol. The molecule has 0 saturated carbocycles. The summed E-state index contributed by atoms with van der Waals surface area (Å²) in [6.45, 7) is 6.84.